The second-order valence-corrected chi connectivity index (χ2v) is 7.05. The van der Waals surface area contributed by atoms with Gasteiger partial charge in [0.1, 0.15) is 11.6 Å². The zero-order valence-electron chi connectivity index (χ0n) is 15.1. The molecule has 24 heavy (non-hydrogen) atoms. The lowest BCUT2D eigenvalue weighted by Crippen LogP contribution is -2.38. The number of carbonyl (C=O) groups is 1. The smallest absolute Gasteiger partial charge is 0.411 e. The molecule has 0 aromatic carbocycles. The van der Waals surface area contributed by atoms with Gasteiger partial charge in [0.2, 0.25) is 0 Å². The van der Waals surface area contributed by atoms with E-state index in [1.807, 2.05) is 6.07 Å². The molecule has 3 unspecified atom stereocenters. The third kappa shape index (κ3) is 4.76. The predicted molar refractivity (Wildman–Crippen MR) is 98.0 cm³/mol. The lowest BCUT2D eigenvalue weighted by atomic mass is 9.74. The van der Waals surface area contributed by atoms with E-state index in [9.17, 15) is 4.79 Å². The van der Waals surface area contributed by atoms with Crippen molar-refractivity contribution in [1.29, 1.82) is 0 Å². The Hall–Kier alpha value is -1.98. The van der Waals surface area contributed by atoms with Crippen LogP contribution in [0.2, 0.25) is 0 Å². The minimum Gasteiger partial charge on any atom is -0.450 e. The maximum Gasteiger partial charge on any atom is 0.411 e. The minimum absolute atomic E-state index is 0.290. The predicted octanol–water partition coefficient (Wildman–Crippen LogP) is 4.10. The first-order valence-corrected chi connectivity index (χ1v) is 8.87. The van der Waals surface area contributed by atoms with Gasteiger partial charge >= 0.3 is 6.09 Å². The first-order valence-electron chi connectivity index (χ1n) is 8.87. The van der Waals surface area contributed by atoms with Gasteiger partial charge < -0.3 is 15.8 Å². The number of pyridine rings is 1. The molecular formula is C18H30N4O2. The van der Waals surface area contributed by atoms with Crippen LogP contribution in [0.4, 0.5) is 22.1 Å². The highest BCUT2D eigenvalue weighted by atomic mass is 16.5. The molecule has 1 aliphatic rings. The number of nitrogens with zero attached hydrogens (tertiary/aromatic N) is 1. The van der Waals surface area contributed by atoms with Gasteiger partial charge in [-0.1, -0.05) is 27.2 Å². The summed E-state index contributed by atoms with van der Waals surface area (Å²) in [5, 5.41) is 6.15. The van der Waals surface area contributed by atoms with Gasteiger partial charge in [-0.3, -0.25) is 5.32 Å². The summed E-state index contributed by atoms with van der Waals surface area (Å²) >= 11 is 0. The first kappa shape index (κ1) is 18.4. The SMILES string of the molecule is CCOC(=O)Nc1ccc(NC2CC(C)CCC2C(C)C)nc1N. The van der Waals surface area contributed by atoms with Crippen LogP contribution in [0.1, 0.15) is 47.0 Å². The molecule has 0 bridgehead atoms. The number of nitrogens with two attached hydrogens (primary N) is 1. The van der Waals surface area contributed by atoms with Crippen LogP contribution in [-0.4, -0.2) is 23.7 Å². The number of hydrogen-bond donors (Lipinski definition) is 3. The Morgan fingerprint density at radius 2 is 2.17 bits per heavy atom. The highest BCUT2D eigenvalue weighted by Crippen LogP contribution is 2.35. The fourth-order valence-electron chi connectivity index (χ4n) is 3.50. The van der Waals surface area contributed by atoms with Crippen molar-refractivity contribution < 1.29 is 9.53 Å². The molecule has 3 atom stereocenters. The zero-order valence-corrected chi connectivity index (χ0v) is 15.1. The summed E-state index contributed by atoms with van der Waals surface area (Å²) in [6, 6.07) is 4.02. The fourth-order valence-corrected chi connectivity index (χ4v) is 3.50. The molecule has 0 spiro atoms. The number of hydrogen-bond acceptors (Lipinski definition) is 5. The van der Waals surface area contributed by atoms with E-state index >= 15 is 0 Å². The Kier molecular flexibility index (Phi) is 6.29. The average Bonchev–Trinajstić information content (AvgIpc) is 2.50. The molecule has 1 fully saturated rings. The third-order valence-corrected chi connectivity index (χ3v) is 4.79. The highest BCUT2D eigenvalue weighted by Gasteiger charge is 2.30. The molecular weight excluding hydrogens is 304 g/mol. The van der Waals surface area contributed by atoms with Gasteiger partial charge in [0.05, 0.1) is 12.3 Å². The second-order valence-electron chi connectivity index (χ2n) is 7.05. The molecule has 0 aliphatic heterocycles. The standard InChI is InChI=1S/C18H30N4O2/c1-5-24-18(23)21-14-8-9-16(22-17(14)19)20-15-10-12(4)6-7-13(15)11(2)3/h8-9,11-13,15H,5-7,10H2,1-4H3,(H,21,23)(H3,19,20,22). The topological polar surface area (TPSA) is 89.3 Å². The van der Waals surface area contributed by atoms with E-state index in [4.69, 9.17) is 10.5 Å². The Labute approximate surface area is 144 Å². The molecule has 1 aliphatic carbocycles. The van der Waals surface area contributed by atoms with Crippen molar-refractivity contribution in [2.75, 3.05) is 23.0 Å². The number of nitrogens with one attached hydrogen (secondary N) is 2. The van der Waals surface area contributed by atoms with E-state index in [0.29, 0.717) is 30.2 Å². The normalized spacial score (nSPS) is 23.8. The molecule has 6 nitrogen and oxygen atoms in total. The number of aromatic nitrogens is 1. The van der Waals surface area contributed by atoms with E-state index in [-0.39, 0.29) is 5.82 Å². The van der Waals surface area contributed by atoms with E-state index in [0.717, 1.165) is 18.2 Å². The lowest BCUT2D eigenvalue weighted by molar-refractivity contribution is 0.168. The molecule has 134 valence electrons. The summed E-state index contributed by atoms with van der Waals surface area (Å²) in [6.07, 6.45) is 3.16. The van der Waals surface area contributed by atoms with Crippen molar-refractivity contribution in [2.24, 2.45) is 17.8 Å². The van der Waals surface area contributed by atoms with Crippen LogP contribution < -0.4 is 16.4 Å². The molecule has 1 heterocycles. The van der Waals surface area contributed by atoms with Crippen molar-refractivity contribution in [3.05, 3.63) is 12.1 Å². The van der Waals surface area contributed by atoms with E-state index in [1.54, 1.807) is 13.0 Å². The third-order valence-electron chi connectivity index (χ3n) is 4.79. The van der Waals surface area contributed by atoms with E-state index in [2.05, 4.69) is 36.4 Å². The molecule has 1 amide bonds. The summed E-state index contributed by atoms with van der Waals surface area (Å²) in [5.74, 6) is 3.04. The van der Waals surface area contributed by atoms with Crippen LogP contribution in [-0.2, 0) is 4.74 Å². The van der Waals surface area contributed by atoms with Gasteiger partial charge in [-0.05, 0) is 49.7 Å². The molecule has 0 saturated heterocycles. The maximum absolute atomic E-state index is 11.5. The second kappa shape index (κ2) is 8.22. The molecule has 6 heteroatoms. The number of amides is 1. The molecule has 4 N–H and O–H groups in total. The molecule has 0 radical (unpaired) electrons. The summed E-state index contributed by atoms with van der Waals surface area (Å²) in [5.41, 5.74) is 6.44. The highest BCUT2D eigenvalue weighted by molar-refractivity contribution is 5.88. The maximum atomic E-state index is 11.5. The zero-order chi connectivity index (χ0) is 17.7. The van der Waals surface area contributed by atoms with Crippen LogP contribution in [0, 0.1) is 17.8 Å². The number of rotatable bonds is 5. The summed E-state index contributed by atoms with van der Waals surface area (Å²) in [7, 11) is 0. The Morgan fingerprint density at radius 1 is 1.42 bits per heavy atom. The van der Waals surface area contributed by atoms with Gasteiger partial charge in [-0.15, -0.1) is 0 Å². The van der Waals surface area contributed by atoms with Crippen LogP contribution in [0.15, 0.2) is 12.1 Å². The molecule has 1 aromatic heterocycles. The van der Waals surface area contributed by atoms with Crippen molar-refractivity contribution >= 4 is 23.4 Å². The van der Waals surface area contributed by atoms with Gasteiger partial charge in [-0.2, -0.15) is 0 Å². The quantitative estimate of drug-likeness (QED) is 0.754. The van der Waals surface area contributed by atoms with Crippen LogP contribution in [0.25, 0.3) is 0 Å². The molecule has 1 saturated carbocycles. The van der Waals surface area contributed by atoms with Crippen molar-refractivity contribution in [1.82, 2.24) is 4.98 Å². The number of nitrogen functional groups attached to an aromatic ring is 1. The summed E-state index contributed by atoms with van der Waals surface area (Å²) in [6.45, 7) is 8.94. The van der Waals surface area contributed by atoms with E-state index < -0.39 is 6.09 Å². The van der Waals surface area contributed by atoms with Gasteiger partial charge in [0.15, 0.2) is 0 Å². The largest absolute Gasteiger partial charge is 0.450 e. The van der Waals surface area contributed by atoms with Crippen LogP contribution in [0.5, 0.6) is 0 Å². The summed E-state index contributed by atoms with van der Waals surface area (Å²) in [4.78, 5) is 15.9. The Bertz CT molecular complexity index is 562. The minimum atomic E-state index is -0.521. The number of ether oxygens (including phenoxy) is 1. The first-order chi connectivity index (χ1) is 11.4. The number of carbonyl (C=O) groups excluding carboxylic acids is 1. The van der Waals surface area contributed by atoms with Crippen molar-refractivity contribution in [3.63, 3.8) is 0 Å². The lowest BCUT2D eigenvalue weighted by Gasteiger charge is -2.38. The van der Waals surface area contributed by atoms with Gasteiger partial charge in [0.25, 0.3) is 0 Å². The van der Waals surface area contributed by atoms with Crippen molar-refractivity contribution in [3.8, 4) is 0 Å². The Morgan fingerprint density at radius 3 is 2.79 bits per heavy atom. The van der Waals surface area contributed by atoms with Crippen LogP contribution in [0.3, 0.4) is 0 Å². The van der Waals surface area contributed by atoms with E-state index in [1.165, 1.54) is 12.8 Å². The average molecular weight is 334 g/mol. The Balaban J connectivity index is 2.06. The van der Waals surface area contributed by atoms with Crippen molar-refractivity contribution in [2.45, 2.75) is 53.0 Å². The number of anilines is 3. The molecule has 2 rings (SSSR count). The van der Waals surface area contributed by atoms with Gasteiger partial charge in [-0.25, -0.2) is 9.78 Å². The van der Waals surface area contributed by atoms with Crippen LogP contribution >= 0.6 is 0 Å². The fraction of sp³-hybridized carbons (Fsp3) is 0.667. The van der Waals surface area contributed by atoms with Gasteiger partial charge in [0, 0.05) is 6.04 Å². The monoisotopic (exact) mass is 334 g/mol. The molecule has 1 aromatic rings. The summed E-state index contributed by atoms with van der Waals surface area (Å²) < 4.78 is 4.86.